The number of nitrogens with two attached hydrogens (primary N) is 1. The molecule has 1 fully saturated rings. The maximum absolute atomic E-state index is 11.9. The van der Waals surface area contributed by atoms with E-state index in [1.807, 2.05) is 6.07 Å². The molecule has 2 amide bonds. The van der Waals surface area contributed by atoms with E-state index >= 15 is 0 Å². The summed E-state index contributed by atoms with van der Waals surface area (Å²) in [5, 5.41) is 0. The Morgan fingerprint density at radius 1 is 1.37 bits per heavy atom. The number of halogens is 1. The monoisotopic (exact) mass is 298 g/mol. The van der Waals surface area contributed by atoms with E-state index in [1.54, 1.807) is 23.1 Å². The van der Waals surface area contributed by atoms with Gasteiger partial charge >= 0.3 is 0 Å². The van der Waals surface area contributed by atoms with Crippen molar-refractivity contribution in [2.45, 2.75) is 12.8 Å². The second kappa shape index (κ2) is 6.21. The van der Waals surface area contributed by atoms with Crippen LogP contribution in [0.3, 0.4) is 0 Å². The summed E-state index contributed by atoms with van der Waals surface area (Å²) in [6, 6.07) is 3.67. The third-order valence-corrected chi connectivity index (χ3v) is 4.39. The van der Waals surface area contributed by atoms with Crippen molar-refractivity contribution in [3.05, 3.63) is 27.4 Å². The average molecular weight is 299 g/mol. The highest BCUT2D eigenvalue weighted by atomic mass is 35.5. The predicted molar refractivity (Wildman–Crippen MR) is 76.9 cm³/mol. The molecule has 1 saturated heterocycles. The third kappa shape index (κ3) is 3.81. The molecule has 0 radical (unpaired) electrons. The number of primary amides is 1. The Labute approximate surface area is 120 Å². The molecule has 6 heteroatoms. The number of nitrogens with zero attached hydrogens (tertiary/aromatic N) is 1. The van der Waals surface area contributed by atoms with E-state index in [9.17, 15) is 9.59 Å². The quantitative estimate of drug-likeness (QED) is 0.869. The SMILES string of the molecule is NC(=O)C1CCN(C(=O)/C=C/c2ccc(Cl)s2)CC1. The summed E-state index contributed by atoms with van der Waals surface area (Å²) in [5.41, 5.74) is 5.26. The molecule has 1 aromatic heterocycles. The van der Waals surface area contributed by atoms with Crippen molar-refractivity contribution in [2.75, 3.05) is 13.1 Å². The van der Waals surface area contributed by atoms with Gasteiger partial charge in [-0.25, -0.2) is 0 Å². The first-order valence-electron chi connectivity index (χ1n) is 6.08. The van der Waals surface area contributed by atoms with E-state index in [0.29, 0.717) is 30.3 Å². The standard InChI is InChI=1S/C13H15ClN2O2S/c14-11-3-1-10(19-11)2-4-12(17)16-7-5-9(6-8-16)13(15)18/h1-4,9H,5-8H2,(H2,15,18)/b4-2+. The number of thiophene rings is 1. The van der Waals surface area contributed by atoms with Crippen LogP contribution in [0.25, 0.3) is 6.08 Å². The second-order valence-corrected chi connectivity index (χ2v) is 6.22. The molecule has 2 rings (SSSR count). The number of hydrogen-bond donors (Lipinski definition) is 1. The first kappa shape index (κ1) is 14.1. The second-order valence-electron chi connectivity index (χ2n) is 4.48. The topological polar surface area (TPSA) is 63.4 Å². The molecule has 0 unspecified atom stereocenters. The van der Waals surface area contributed by atoms with Crippen LogP contribution in [-0.4, -0.2) is 29.8 Å². The van der Waals surface area contributed by atoms with Crippen LogP contribution in [0, 0.1) is 5.92 Å². The molecule has 0 bridgehead atoms. The minimum Gasteiger partial charge on any atom is -0.369 e. The van der Waals surface area contributed by atoms with Crippen LogP contribution in [0.2, 0.25) is 4.34 Å². The fourth-order valence-corrected chi connectivity index (χ4v) is 3.02. The number of amides is 2. The molecule has 0 aliphatic carbocycles. The van der Waals surface area contributed by atoms with E-state index < -0.39 is 0 Å². The number of piperidine rings is 1. The predicted octanol–water partition coefficient (Wildman–Crippen LogP) is 2.14. The first-order valence-corrected chi connectivity index (χ1v) is 7.27. The number of carbonyl (C=O) groups is 2. The summed E-state index contributed by atoms with van der Waals surface area (Å²) in [4.78, 5) is 25.7. The Morgan fingerprint density at radius 2 is 2.05 bits per heavy atom. The lowest BCUT2D eigenvalue weighted by Crippen LogP contribution is -2.41. The number of hydrogen-bond acceptors (Lipinski definition) is 3. The zero-order valence-corrected chi connectivity index (χ0v) is 11.9. The van der Waals surface area contributed by atoms with Crippen molar-refractivity contribution in [3.63, 3.8) is 0 Å². The Bertz CT molecular complexity index is 504. The van der Waals surface area contributed by atoms with Gasteiger partial charge in [-0.05, 0) is 31.1 Å². The summed E-state index contributed by atoms with van der Waals surface area (Å²) < 4.78 is 0.703. The summed E-state index contributed by atoms with van der Waals surface area (Å²) in [7, 11) is 0. The van der Waals surface area contributed by atoms with E-state index in [4.69, 9.17) is 17.3 Å². The molecule has 1 aliphatic rings. The van der Waals surface area contributed by atoms with Gasteiger partial charge in [0.1, 0.15) is 0 Å². The molecule has 0 saturated carbocycles. The molecule has 1 aromatic rings. The van der Waals surface area contributed by atoms with Gasteiger partial charge in [0.2, 0.25) is 11.8 Å². The first-order chi connectivity index (χ1) is 9.06. The zero-order valence-electron chi connectivity index (χ0n) is 10.3. The molecule has 2 N–H and O–H groups in total. The van der Waals surface area contributed by atoms with Gasteiger partial charge in [0.05, 0.1) is 4.34 Å². The van der Waals surface area contributed by atoms with Crippen molar-refractivity contribution >= 4 is 40.8 Å². The van der Waals surface area contributed by atoms with Gasteiger partial charge < -0.3 is 10.6 Å². The maximum atomic E-state index is 11.9. The van der Waals surface area contributed by atoms with Crippen LogP contribution in [0.1, 0.15) is 17.7 Å². The van der Waals surface area contributed by atoms with Gasteiger partial charge in [-0.2, -0.15) is 0 Å². The smallest absolute Gasteiger partial charge is 0.246 e. The lowest BCUT2D eigenvalue weighted by atomic mass is 9.96. The molecule has 0 spiro atoms. The Morgan fingerprint density at radius 3 is 2.58 bits per heavy atom. The Kier molecular flexibility index (Phi) is 4.61. The molecule has 4 nitrogen and oxygen atoms in total. The molecular formula is C13H15ClN2O2S. The number of carbonyl (C=O) groups excluding carboxylic acids is 2. The van der Waals surface area contributed by atoms with Crippen LogP contribution in [0.15, 0.2) is 18.2 Å². The average Bonchev–Trinajstić information content (AvgIpc) is 2.82. The number of rotatable bonds is 3. The molecule has 1 aliphatic heterocycles. The molecule has 0 aromatic carbocycles. The van der Waals surface area contributed by atoms with Crippen LogP contribution in [0.4, 0.5) is 0 Å². The highest BCUT2D eigenvalue weighted by Gasteiger charge is 2.24. The maximum Gasteiger partial charge on any atom is 0.246 e. The van der Waals surface area contributed by atoms with Crippen molar-refractivity contribution < 1.29 is 9.59 Å². The minimum atomic E-state index is -0.268. The summed E-state index contributed by atoms with van der Waals surface area (Å²) in [6.45, 7) is 1.17. The van der Waals surface area contributed by atoms with Gasteiger partial charge in [-0.15, -0.1) is 11.3 Å². The fourth-order valence-electron chi connectivity index (χ4n) is 2.06. The highest BCUT2D eigenvalue weighted by molar-refractivity contribution is 7.17. The summed E-state index contributed by atoms with van der Waals surface area (Å²) in [6.07, 6.45) is 4.62. The highest BCUT2D eigenvalue weighted by Crippen LogP contribution is 2.23. The van der Waals surface area contributed by atoms with Gasteiger partial charge in [0, 0.05) is 30.0 Å². The van der Waals surface area contributed by atoms with Crippen LogP contribution in [0.5, 0.6) is 0 Å². The zero-order chi connectivity index (χ0) is 13.8. The van der Waals surface area contributed by atoms with Gasteiger partial charge in [-0.3, -0.25) is 9.59 Å². The lowest BCUT2D eigenvalue weighted by Gasteiger charge is -2.29. The lowest BCUT2D eigenvalue weighted by molar-refractivity contribution is -0.130. The van der Waals surface area contributed by atoms with Gasteiger partial charge in [-0.1, -0.05) is 11.6 Å². The Hall–Kier alpha value is -1.33. The van der Waals surface area contributed by atoms with E-state index in [-0.39, 0.29) is 17.7 Å². The van der Waals surface area contributed by atoms with Crippen molar-refractivity contribution in [3.8, 4) is 0 Å². The van der Waals surface area contributed by atoms with Crippen molar-refractivity contribution in [1.82, 2.24) is 4.90 Å². The number of likely N-dealkylation sites (tertiary alicyclic amines) is 1. The van der Waals surface area contributed by atoms with Crippen molar-refractivity contribution in [1.29, 1.82) is 0 Å². The normalized spacial score (nSPS) is 17.0. The van der Waals surface area contributed by atoms with E-state index in [2.05, 4.69) is 0 Å². The Balaban J connectivity index is 1.88. The van der Waals surface area contributed by atoms with E-state index in [0.717, 1.165) is 4.88 Å². The summed E-state index contributed by atoms with van der Waals surface area (Å²) >= 11 is 7.24. The molecule has 2 heterocycles. The molecule has 102 valence electrons. The van der Waals surface area contributed by atoms with Crippen LogP contribution < -0.4 is 5.73 Å². The molecule has 0 atom stereocenters. The van der Waals surface area contributed by atoms with Crippen molar-refractivity contribution in [2.24, 2.45) is 11.7 Å². The fraction of sp³-hybridized carbons (Fsp3) is 0.385. The van der Waals surface area contributed by atoms with Gasteiger partial charge in [0.15, 0.2) is 0 Å². The molecule has 19 heavy (non-hydrogen) atoms. The van der Waals surface area contributed by atoms with E-state index in [1.165, 1.54) is 11.3 Å². The van der Waals surface area contributed by atoms with Crippen LogP contribution >= 0.6 is 22.9 Å². The minimum absolute atomic E-state index is 0.0348. The molecular weight excluding hydrogens is 284 g/mol. The van der Waals surface area contributed by atoms with Gasteiger partial charge in [0.25, 0.3) is 0 Å². The summed E-state index contributed by atoms with van der Waals surface area (Å²) in [5.74, 6) is -0.396. The van der Waals surface area contributed by atoms with Crippen LogP contribution in [-0.2, 0) is 9.59 Å². The third-order valence-electron chi connectivity index (χ3n) is 3.19. The largest absolute Gasteiger partial charge is 0.369 e.